The smallest absolute Gasteiger partial charge is 0.416 e. The van der Waals surface area contributed by atoms with Gasteiger partial charge in [0.25, 0.3) is 0 Å². The van der Waals surface area contributed by atoms with Crippen LogP contribution < -0.4 is 10.6 Å². The third-order valence-corrected chi connectivity index (χ3v) is 5.89. The average Bonchev–Trinajstić information content (AvgIpc) is 3.55. The van der Waals surface area contributed by atoms with Gasteiger partial charge in [-0.3, -0.25) is 10.1 Å². The minimum absolute atomic E-state index is 0.264. The number of tetrazole rings is 1. The van der Waals surface area contributed by atoms with E-state index in [-0.39, 0.29) is 11.6 Å². The molecule has 2 aromatic heterocycles. The van der Waals surface area contributed by atoms with Crippen molar-refractivity contribution in [3.63, 3.8) is 0 Å². The predicted octanol–water partition coefficient (Wildman–Crippen LogP) is 4.70. The number of rotatable bonds is 4. The van der Waals surface area contributed by atoms with Gasteiger partial charge in [-0.1, -0.05) is 41.4 Å². The summed E-state index contributed by atoms with van der Waals surface area (Å²) in [5.41, 5.74) is 2.77. The summed E-state index contributed by atoms with van der Waals surface area (Å²) < 4.78 is 6.57. The summed E-state index contributed by atoms with van der Waals surface area (Å²) in [6.45, 7) is 0. The maximum Gasteiger partial charge on any atom is 0.416 e. The van der Waals surface area contributed by atoms with Gasteiger partial charge in [0.2, 0.25) is 5.91 Å². The van der Waals surface area contributed by atoms with Crippen LogP contribution in [0.3, 0.4) is 0 Å². The number of nitrogens with one attached hydrogen (secondary N) is 3. The highest BCUT2D eigenvalue weighted by molar-refractivity contribution is 6.32. The Morgan fingerprint density at radius 2 is 2.08 bits per heavy atom. The van der Waals surface area contributed by atoms with Gasteiger partial charge in [-0.2, -0.15) is 4.68 Å². The number of aromatic amines is 1. The fourth-order valence-corrected chi connectivity index (χ4v) is 4.14. The Morgan fingerprint density at radius 3 is 2.92 bits per heavy atom. The predicted molar refractivity (Wildman–Crippen MR) is 137 cm³/mol. The molecule has 37 heavy (non-hydrogen) atoms. The monoisotopic (exact) mass is 536 g/mol. The summed E-state index contributed by atoms with van der Waals surface area (Å²) in [6, 6.07) is 11.6. The molecule has 3 N–H and O–H groups in total. The Hall–Kier alpha value is -4.48. The average molecular weight is 537 g/mol. The van der Waals surface area contributed by atoms with E-state index in [0.717, 1.165) is 0 Å². The largest absolute Gasteiger partial charge is 0.418 e. The van der Waals surface area contributed by atoms with Gasteiger partial charge in [-0.05, 0) is 53.3 Å². The molecule has 0 unspecified atom stereocenters. The number of anilines is 1. The van der Waals surface area contributed by atoms with Crippen molar-refractivity contribution in [3.8, 4) is 16.9 Å². The molecule has 186 valence electrons. The van der Waals surface area contributed by atoms with Gasteiger partial charge in [0, 0.05) is 22.2 Å². The third kappa shape index (κ3) is 5.52. The molecule has 5 rings (SSSR count). The Balaban J connectivity index is 1.43. The number of imidazole rings is 1. The number of cyclic esters (lactones) is 1. The van der Waals surface area contributed by atoms with E-state index in [2.05, 4.69) is 36.1 Å². The highest BCUT2D eigenvalue weighted by Crippen LogP contribution is 2.33. The lowest BCUT2D eigenvalue weighted by Crippen LogP contribution is -2.27. The van der Waals surface area contributed by atoms with E-state index in [1.165, 1.54) is 23.3 Å². The summed E-state index contributed by atoms with van der Waals surface area (Å²) >= 11 is 12.6. The number of ether oxygens (including phenoxy) is 1. The molecule has 2 aromatic carbocycles. The minimum atomic E-state index is -0.667. The molecule has 4 aromatic rings. The Labute approximate surface area is 220 Å². The summed E-state index contributed by atoms with van der Waals surface area (Å²) in [5.74, 6) is 0.0338. The van der Waals surface area contributed by atoms with E-state index in [1.807, 2.05) is 0 Å². The number of hydrogen-bond donors (Lipinski definition) is 3. The molecule has 0 spiro atoms. The Bertz CT molecular complexity index is 1510. The van der Waals surface area contributed by atoms with Crippen molar-refractivity contribution >= 4 is 47.0 Å². The molecule has 0 fully saturated rings. The van der Waals surface area contributed by atoms with Gasteiger partial charge in [-0.25, -0.2) is 9.78 Å². The van der Waals surface area contributed by atoms with E-state index in [4.69, 9.17) is 27.9 Å². The molecule has 0 aliphatic carbocycles. The van der Waals surface area contributed by atoms with Crippen molar-refractivity contribution in [1.29, 1.82) is 0 Å². The lowest BCUT2D eigenvalue weighted by molar-refractivity contribution is -0.117. The van der Waals surface area contributed by atoms with Crippen molar-refractivity contribution < 1.29 is 14.3 Å². The SMILES string of the molecule is O=C(/C=C/c1cc(Cl)ccc1-n1cnnn1)N[C@H]1C/C=C/OC(=O)Nc2ccccc2-c2nc1[nH]c2Cl. The second-order valence-corrected chi connectivity index (χ2v) is 8.63. The highest BCUT2D eigenvalue weighted by Gasteiger charge is 2.22. The van der Waals surface area contributed by atoms with E-state index >= 15 is 0 Å². The number of carbonyl (C=O) groups excluding carboxylic acids is 2. The minimum Gasteiger partial charge on any atom is -0.418 e. The summed E-state index contributed by atoms with van der Waals surface area (Å²) in [6.07, 6.45) is 6.87. The molecule has 0 radical (unpaired) electrons. The van der Waals surface area contributed by atoms with Gasteiger partial charge in [0.15, 0.2) is 0 Å². The quantitative estimate of drug-likeness (QED) is 0.321. The molecular formula is C24H18Cl2N8O3. The van der Waals surface area contributed by atoms with Gasteiger partial charge >= 0.3 is 6.09 Å². The lowest BCUT2D eigenvalue weighted by Gasteiger charge is -2.14. The number of carbonyl (C=O) groups is 2. The van der Waals surface area contributed by atoms with E-state index < -0.39 is 18.0 Å². The highest BCUT2D eigenvalue weighted by atomic mass is 35.5. The fourth-order valence-electron chi connectivity index (χ4n) is 3.72. The van der Waals surface area contributed by atoms with Gasteiger partial charge < -0.3 is 15.0 Å². The number of amides is 2. The number of benzene rings is 2. The number of H-pyrrole nitrogens is 1. The van der Waals surface area contributed by atoms with Crippen molar-refractivity contribution in [2.75, 3.05) is 5.32 Å². The van der Waals surface area contributed by atoms with Crippen LogP contribution in [0.5, 0.6) is 0 Å². The summed E-state index contributed by atoms with van der Waals surface area (Å²) in [7, 11) is 0. The number of halogens is 2. The van der Waals surface area contributed by atoms with Crippen LogP contribution in [-0.4, -0.2) is 42.2 Å². The van der Waals surface area contributed by atoms with Crippen LogP contribution in [0.1, 0.15) is 23.9 Å². The van der Waals surface area contributed by atoms with Crippen LogP contribution in [0.15, 0.2) is 67.2 Å². The lowest BCUT2D eigenvalue weighted by atomic mass is 10.1. The molecule has 0 saturated carbocycles. The molecule has 11 nitrogen and oxygen atoms in total. The Morgan fingerprint density at radius 1 is 1.22 bits per heavy atom. The van der Waals surface area contributed by atoms with Crippen molar-refractivity contribution in [2.24, 2.45) is 0 Å². The van der Waals surface area contributed by atoms with E-state index in [9.17, 15) is 9.59 Å². The molecule has 1 aliphatic heterocycles. The number of nitrogens with zero attached hydrogens (tertiary/aromatic N) is 5. The number of aromatic nitrogens is 6. The normalized spacial score (nSPS) is 16.2. The molecule has 0 saturated heterocycles. The van der Waals surface area contributed by atoms with Gasteiger partial charge in [-0.15, -0.1) is 5.10 Å². The first-order valence-corrected chi connectivity index (χ1v) is 11.7. The molecule has 1 atom stereocenters. The third-order valence-electron chi connectivity index (χ3n) is 5.39. The second kappa shape index (κ2) is 10.6. The van der Waals surface area contributed by atoms with Gasteiger partial charge in [0.1, 0.15) is 23.0 Å². The first-order valence-electron chi connectivity index (χ1n) is 11.0. The summed E-state index contributed by atoms with van der Waals surface area (Å²) in [4.78, 5) is 32.8. The van der Waals surface area contributed by atoms with Crippen LogP contribution >= 0.6 is 23.2 Å². The first kappa shape index (κ1) is 24.2. The zero-order valence-corrected chi connectivity index (χ0v) is 20.4. The first-order chi connectivity index (χ1) is 18.0. The van der Waals surface area contributed by atoms with Crippen molar-refractivity contribution in [2.45, 2.75) is 12.5 Å². The maximum absolute atomic E-state index is 12.9. The zero-order chi connectivity index (χ0) is 25.8. The topological polar surface area (TPSA) is 140 Å². The van der Waals surface area contributed by atoms with Crippen molar-refractivity contribution in [3.05, 3.63) is 88.8 Å². The molecule has 1 aliphatic rings. The van der Waals surface area contributed by atoms with Crippen LogP contribution in [0.25, 0.3) is 23.0 Å². The van der Waals surface area contributed by atoms with Crippen LogP contribution in [-0.2, 0) is 9.53 Å². The standard InChI is InChI=1S/C24H18Cl2N8O3/c25-15-8-9-19(34-13-27-32-33-34)14(12-15)7-10-20(35)28-18-6-3-11-37-24(36)29-17-5-2-1-4-16(17)21-22(26)31-23(18)30-21/h1-5,7-13,18H,6H2,(H,28,35)(H,29,36)(H,30,31)/b10-7+,11-3+/t18-/m0/s1. The number of hydrogen-bond acceptors (Lipinski definition) is 7. The van der Waals surface area contributed by atoms with E-state index in [0.29, 0.717) is 39.0 Å². The van der Waals surface area contributed by atoms with Crippen LogP contribution in [0, 0.1) is 0 Å². The van der Waals surface area contributed by atoms with Gasteiger partial charge in [0.05, 0.1) is 23.7 Å². The second-order valence-electron chi connectivity index (χ2n) is 7.82. The zero-order valence-electron chi connectivity index (χ0n) is 18.9. The Kier molecular flexibility index (Phi) is 6.97. The fraction of sp³-hybridized carbons (Fsp3) is 0.0833. The van der Waals surface area contributed by atoms with Crippen LogP contribution in [0.2, 0.25) is 10.2 Å². The van der Waals surface area contributed by atoms with Crippen LogP contribution in [0.4, 0.5) is 10.5 Å². The van der Waals surface area contributed by atoms with Crippen molar-refractivity contribution in [1.82, 2.24) is 35.5 Å². The maximum atomic E-state index is 12.9. The molecule has 2 bridgehead atoms. The molecule has 3 heterocycles. The molecule has 2 amide bonds. The number of fused-ring (bicyclic) bond motifs is 4. The van der Waals surface area contributed by atoms with E-state index in [1.54, 1.807) is 54.6 Å². The molecular weight excluding hydrogens is 519 g/mol. The summed E-state index contributed by atoms with van der Waals surface area (Å²) in [5, 5.41) is 17.5. The molecule has 13 heteroatoms. The number of para-hydroxylation sites is 1.